The van der Waals surface area contributed by atoms with Crippen molar-refractivity contribution in [3.8, 4) is 0 Å². The molecule has 0 aliphatic carbocycles. The Balaban J connectivity index is 1.61. The first-order chi connectivity index (χ1) is 9.24. The summed E-state index contributed by atoms with van der Waals surface area (Å²) in [5, 5.41) is 15.7. The fraction of sp³-hybridized carbons (Fsp3) is 0.500. The van der Waals surface area contributed by atoms with Crippen LogP contribution in [0.4, 0.5) is 0 Å². The summed E-state index contributed by atoms with van der Waals surface area (Å²) in [5.41, 5.74) is 2.91. The van der Waals surface area contributed by atoms with Gasteiger partial charge in [-0.25, -0.2) is 0 Å². The van der Waals surface area contributed by atoms with E-state index < -0.39 is 0 Å². The van der Waals surface area contributed by atoms with Crippen LogP contribution in [-0.4, -0.2) is 36.8 Å². The zero-order valence-corrected chi connectivity index (χ0v) is 10.7. The molecule has 0 bridgehead atoms. The maximum Gasteiger partial charge on any atom is 0.251 e. The number of benzene rings is 1. The van der Waals surface area contributed by atoms with Gasteiger partial charge in [-0.1, -0.05) is 6.07 Å². The molecule has 5 nitrogen and oxygen atoms in total. The second kappa shape index (κ2) is 5.28. The van der Waals surface area contributed by atoms with Crippen molar-refractivity contribution in [3.05, 3.63) is 34.9 Å². The molecular formula is C14H18N2O3. The van der Waals surface area contributed by atoms with Gasteiger partial charge < -0.3 is 20.5 Å². The van der Waals surface area contributed by atoms with E-state index in [2.05, 4.69) is 10.6 Å². The summed E-state index contributed by atoms with van der Waals surface area (Å²) in [4.78, 5) is 12.1. The quantitative estimate of drug-likeness (QED) is 0.718. The van der Waals surface area contributed by atoms with Crippen molar-refractivity contribution in [2.75, 3.05) is 19.6 Å². The Morgan fingerprint density at radius 3 is 3.00 bits per heavy atom. The maximum absolute atomic E-state index is 12.1. The van der Waals surface area contributed by atoms with Gasteiger partial charge in [0.05, 0.1) is 19.3 Å². The maximum atomic E-state index is 12.1. The molecule has 1 aromatic carbocycles. The first kappa shape index (κ1) is 12.6. The molecular weight excluding hydrogens is 244 g/mol. The van der Waals surface area contributed by atoms with E-state index >= 15 is 0 Å². The number of aliphatic hydroxyl groups is 1. The summed E-state index contributed by atoms with van der Waals surface area (Å²) in [5.74, 6) is 0.00973. The van der Waals surface area contributed by atoms with Crippen LogP contribution in [0.5, 0.6) is 0 Å². The summed E-state index contributed by atoms with van der Waals surface area (Å²) in [6.45, 7) is 3.08. The molecule has 0 spiro atoms. The third-order valence-corrected chi connectivity index (χ3v) is 3.81. The minimum absolute atomic E-state index is 0.0891. The van der Waals surface area contributed by atoms with E-state index in [9.17, 15) is 9.90 Å². The lowest BCUT2D eigenvalue weighted by Gasteiger charge is -2.14. The van der Waals surface area contributed by atoms with Gasteiger partial charge in [0, 0.05) is 31.1 Å². The van der Waals surface area contributed by atoms with Gasteiger partial charge in [0.1, 0.15) is 0 Å². The van der Waals surface area contributed by atoms with Crippen LogP contribution in [0.25, 0.3) is 0 Å². The standard InChI is InChI=1S/C14H18N2O3/c17-13-6-15-4-12(13)5-16-14(18)9-1-2-10-7-19-8-11(10)3-9/h1-3,12-13,15,17H,4-8H2,(H,16,18). The Kier molecular flexibility index (Phi) is 3.50. The summed E-state index contributed by atoms with van der Waals surface area (Å²) in [6.07, 6.45) is -0.367. The van der Waals surface area contributed by atoms with Crippen LogP contribution in [0.2, 0.25) is 0 Å². The average Bonchev–Trinajstić information content (AvgIpc) is 3.03. The number of ether oxygens (including phenoxy) is 1. The molecule has 2 atom stereocenters. The lowest BCUT2D eigenvalue weighted by atomic mass is 10.0. The molecule has 102 valence electrons. The number of carbonyl (C=O) groups excluding carboxylic acids is 1. The van der Waals surface area contributed by atoms with E-state index in [1.54, 1.807) is 0 Å². The van der Waals surface area contributed by atoms with Gasteiger partial charge in [-0.3, -0.25) is 4.79 Å². The van der Waals surface area contributed by atoms with Crippen molar-refractivity contribution in [1.82, 2.24) is 10.6 Å². The number of hydrogen-bond donors (Lipinski definition) is 3. The zero-order chi connectivity index (χ0) is 13.2. The number of amides is 1. The summed E-state index contributed by atoms with van der Waals surface area (Å²) in [6, 6.07) is 5.66. The van der Waals surface area contributed by atoms with Gasteiger partial charge in [-0.2, -0.15) is 0 Å². The van der Waals surface area contributed by atoms with Gasteiger partial charge in [0.2, 0.25) is 0 Å². The van der Waals surface area contributed by atoms with E-state index in [0.29, 0.717) is 31.9 Å². The number of rotatable bonds is 3. The molecule has 3 rings (SSSR count). The third-order valence-electron chi connectivity index (χ3n) is 3.81. The molecule has 0 radical (unpaired) electrons. The Morgan fingerprint density at radius 1 is 1.37 bits per heavy atom. The number of hydrogen-bond acceptors (Lipinski definition) is 4. The predicted molar refractivity (Wildman–Crippen MR) is 69.6 cm³/mol. The summed E-state index contributed by atoms with van der Waals surface area (Å²) in [7, 11) is 0. The molecule has 1 amide bonds. The molecule has 2 aliphatic heterocycles. The van der Waals surface area contributed by atoms with Crippen LogP contribution in [0.1, 0.15) is 21.5 Å². The summed E-state index contributed by atoms with van der Waals surface area (Å²) < 4.78 is 5.33. The smallest absolute Gasteiger partial charge is 0.251 e. The predicted octanol–water partition coefficient (Wildman–Crippen LogP) is 0.0269. The second-order valence-electron chi connectivity index (χ2n) is 5.17. The zero-order valence-electron chi connectivity index (χ0n) is 10.7. The van der Waals surface area contributed by atoms with E-state index in [1.165, 1.54) is 0 Å². The Labute approximate surface area is 112 Å². The number of carbonyl (C=O) groups is 1. The highest BCUT2D eigenvalue weighted by Gasteiger charge is 2.25. The highest BCUT2D eigenvalue weighted by molar-refractivity contribution is 5.94. The number of aliphatic hydroxyl groups excluding tert-OH is 1. The molecule has 2 heterocycles. The van der Waals surface area contributed by atoms with E-state index in [1.807, 2.05) is 18.2 Å². The fourth-order valence-corrected chi connectivity index (χ4v) is 2.57. The largest absolute Gasteiger partial charge is 0.391 e. The Morgan fingerprint density at radius 2 is 2.21 bits per heavy atom. The van der Waals surface area contributed by atoms with E-state index in [0.717, 1.165) is 17.7 Å². The Hall–Kier alpha value is -1.43. The monoisotopic (exact) mass is 262 g/mol. The van der Waals surface area contributed by atoms with Crippen molar-refractivity contribution in [1.29, 1.82) is 0 Å². The molecule has 3 N–H and O–H groups in total. The lowest BCUT2D eigenvalue weighted by molar-refractivity contribution is 0.0927. The first-order valence-corrected chi connectivity index (χ1v) is 6.60. The van der Waals surface area contributed by atoms with Crippen molar-refractivity contribution in [2.45, 2.75) is 19.3 Å². The SMILES string of the molecule is O=C(NCC1CNCC1O)c1ccc2c(c1)COC2. The molecule has 1 fully saturated rings. The first-order valence-electron chi connectivity index (χ1n) is 6.60. The number of fused-ring (bicyclic) bond motifs is 1. The van der Waals surface area contributed by atoms with Gasteiger partial charge in [0.15, 0.2) is 0 Å². The number of β-amino-alcohol motifs (C(OH)–C–C–N with tert-alkyl or cyclic N) is 1. The van der Waals surface area contributed by atoms with Crippen molar-refractivity contribution in [3.63, 3.8) is 0 Å². The fourth-order valence-electron chi connectivity index (χ4n) is 2.57. The molecule has 1 aromatic rings. The third kappa shape index (κ3) is 2.63. The highest BCUT2D eigenvalue weighted by atomic mass is 16.5. The average molecular weight is 262 g/mol. The Bertz CT molecular complexity index is 490. The highest BCUT2D eigenvalue weighted by Crippen LogP contribution is 2.20. The van der Waals surface area contributed by atoms with Crippen LogP contribution in [0.15, 0.2) is 18.2 Å². The molecule has 2 aliphatic rings. The molecule has 19 heavy (non-hydrogen) atoms. The molecule has 2 unspecified atom stereocenters. The van der Waals surface area contributed by atoms with Crippen molar-refractivity contribution < 1.29 is 14.6 Å². The summed E-state index contributed by atoms with van der Waals surface area (Å²) >= 11 is 0. The van der Waals surface area contributed by atoms with Crippen molar-refractivity contribution >= 4 is 5.91 Å². The van der Waals surface area contributed by atoms with Crippen molar-refractivity contribution in [2.24, 2.45) is 5.92 Å². The molecule has 0 aromatic heterocycles. The van der Waals surface area contributed by atoms with Crippen LogP contribution in [-0.2, 0) is 18.0 Å². The minimum atomic E-state index is -0.367. The van der Waals surface area contributed by atoms with Gasteiger partial charge in [-0.15, -0.1) is 0 Å². The van der Waals surface area contributed by atoms with Gasteiger partial charge >= 0.3 is 0 Å². The lowest BCUT2D eigenvalue weighted by Crippen LogP contribution is -2.34. The molecule has 1 saturated heterocycles. The normalized spacial score (nSPS) is 25.3. The van der Waals surface area contributed by atoms with Crippen LogP contribution in [0.3, 0.4) is 0 Å². The minimum Gasteiger partial charge on any atom is -0.391 e. The van der Waals surface area contributed by atoms with Crippen LogP contribution < -0.4 is 10.6 Å². The van der Waals surface area contributed by atoms with Crippen LogP contribution >= 0.6 is 0 Å². The van der Waals surface area contributed by atoms with Gasteiger partial charge in [0.25, 0.3) is 5.91 Å². The molecule has 0 saturated carbocycles. The van der Waals surface area contributed by atoms with Gasteiger partial charge in [-0.05, 0) is 23.3 Å². The number of nitrogens with one attached hydrogen (secondary N) is 2. The second-order valence-corrected chi connectivity index (χ2v) is 5.17. The van der Waals surface area contributed by atoms with Crippen LogP contribution in [0, 0.1) is 5.92 Å². The van der Waals surface area contributed by atoms with E-state index in [-0.39, 0.29) is 17.9 Å². The molecule has 5 heteroatoms. The van der Waals surface area contributed by atoms with E-state index in [4.69, 9.17) is 4.74 Å². The topological polar surface area (TPSA) is 70.6 Å².